The molecule has 2 aromatic rings. The van der Waals surface area contributed by atoms with Crippen LogP contribution in [0.15, 0.2) is 53.4 Å². The Hall–Kier alpha value is -1.65. The van der Waals surface area contributed by atoms with E-state index >= 15 is 0 Å². The molecule has 0 saturated carbocycles. The quantitative estimate of drug-likeness (QED) is 0.941. The third kappa shape index (κ3) is 2.49. The molecule has 20 heavy (non-hydrogen) atoms. The van der Waals surface area contributed by atoms with Crippen molar-refractivity contribution in [1.29, 1.82) is 0 Å². The summed E-state index contributed by atoms with van der Waals surface area (Å²) >= 11 is 1.71. The highest BCUT2D eigenvalue weighted by Crippen LogP contribution is 2.41. The zero-order chi connectivity index (χ0) is 13.9. The molecule has 1 aliphatic heterocycles. The summed E-state index contributed by atoms with van der Waals surface area (Å²) in [5.74, 6) is 1.78. The van der Waals surface area contributed by atoms with Gasteiger partial charge < -0.3 is 15.2 Å². The highest BCUT2D eigenvalue weighted by Gasteiger charge is 2.29. The first-order valence-electron chi connectivity index (χ1n) is 6.56. The minimum Gasteiger partial charge on any atom is -0.496 e. The molecule has 0 aromatic heterocycles. The molecule has 2 aromatic carbocycles. The summed E-state index contributed by atoms with van der Waals surface area (Å²) in [6.45, 7) is 0.612. The lowest BCUT2D eigenvalue weighted by molar-refractivity contribution is 0.276. The number of methoxy groups -OCH3 is 1. The van der Waals surface area contributed by atoms with Crippen molar-refractivity contribution < 1.29 is 9.47 Å². The van der Waals surface area contributed by atoms with E-state index in [1.54, 1.807) is 18.9 Å². The molecule has 0 saturated heterocycles. The van der Waals surface area contributed by atoms with Crippen LogP contribution in [-0.4, -0.2) is 19.0 Å². The molecule has 2 unspecified atom stereocenters. The summed E-state index contributed by atoms with van der Waals surface area (Å²) in [5.41, 5.74) is 7.46. The Morgan fingerprint density at radius 3 is 2.75 bits per heavy atom. The Kier molecular flexibility index (Phi) is 3.85. The molecule has 0 radical (unpaired) electrons. The van der Waals surface area contributed by atoms with Crippen LogP contribution in [0.5, 0.6) is 11.5 Å². The fourth-order valence-electron chi connectivity index (χ4n) is 2.35. The maximum atomic E-state index is 6.39. The van der Waals surface area contributed by atoms with Crippen LogP contribution in [0, 0.1) is 0 Å². The highest BCUT2D eigenvalue weighted by molar-refractivity contribution is 8.00. The van der Waals surface area contributed by atoms with Crippen LogP contribution in [0.2, 0.25) is 0 Å². The van der Waals surface area contributed by atoms with E-state index in [9.17, 15) is 0 Å². The molecular weight excluding hydrogens is 270 g/mol. The second kappa shape index (κ2) is 5.77. The minimum atomic E-state index is -0.0325. The lowest BCUT2D eigenvalue weighted by atomic mass is 10.0. The van der Waals surface area contributed by atoms with Crippen molar-refractivity contribution in [2.45, 2.75) is 16.2 Å². The van der Waals surface area contributed by atoms with E-state index < -0.39 is 0 Å². The van der Waals surface area contributed by atoms with E-state index in [1.807, 2.05) is 42.5 Å². The van der Waals surface area contributed by atoms with Crippen molar-refractivity contribution in [3.05, 3.63) is 54.1 Å². The van der Waals surface area contributed by atoms with Crippen LogP contribution in [-0.2, 0) is 0 Å². The summed E-state index contributed by atoms with van der Waals surface area (Å²) in [4.78, 5) is 1.10. The minimum absolute atomic E-state index is 0.0325. The summed E-state index contributed by atoms with van der Waals surface area (Å²) in [5, 5.41) is 0.182. The smallest absolute Gasteiger partial charge is 0.132 e. The highest BCUT2D eigenvalue weighted by atomic mass is 32.2. The van der Waals surface area contributed by atoms with Gasteiger partial charge in [-0.1, -0.05) is 30.3 Å². The third-order valence-corrected chi connectivity index (χ3v) is 4.75. The Bertz CT molecular complexity index is 603. The standard InChI is InChI=1S/C16H17NO2S/c1-18-13-8-4-5-9-14(13)20-15-10-19-12-7-3-2-6-11(12)16(15)17/h2-9,15-16H,10,17H2,1H3. The molecule has 0 bridgehead atoms. The molecule has 3 nitrogen and oxygen atoms in total. The van der Waals surface area contributed by atoms with E-state index in [2.05, 4.69) is 6.07 Å². The van der Waals surface area contributed by atoms with Gasteiger partial charge in [0, 0.05) is 16.5 Å². The maximum Gasteiger partial charge on any atom is 0.132 e. The number of fused-ring (bicyclic) bond motifs is 1. The number of thioether (sulfide) groups is 1. The number of nitrogens with two attached hydrogens (primary N) is 1. The predicted molar refractivity (Wildman–Crippen MR) is 81.5 cm³/mol. The first-order valence-corrected chi connectivity index (χ1v) is 7.44. The molecule has 1 heterocycles. The van der Waals surface area contributed by atoms with E-state index in [0.29, 0.717) is 6.61 Å². The van der Waals surface area contributed by atoms with E-state index in [4.69, 9.17) is 15.2 Å². The molecule has 0 amide bonds. The molecule has 2 N–H and O–H groups in total. The van der Waals surface area contributed by atoms with Gasteiger partial charge in [-0.3, -0.25) is 0 Å². The number of para-hydroxylation sites is 2. The van der Waals surface area contributed by atoms with Crippen LogP contribution in [0.25, 0.3) is 0 Å². The molecule has 0 aliphatic carbocycles. The van der Waals surface area contributed by atoms with Gasteiger partial charge in [-0.05, 0) is 18.2 Å². The van der Waals surface area contributed by atoms with Crippen LogP contribution in [0.1, 0.15) is 11.6 Å². The normalized spacial score (nSPS) is 20.9. The summed E-state index contributed by atoms with van der Waals surface area (Å²) in [6, 6.07) is 15.9. The number of rotatable bonds is 3. The topological polar surface area (TPSA) is 44.5 Å². The van der Waals surface area contributed by atoms with Crippen molar-refractivity contribution in [3.63, 3.8) is 0 Å². The van der Waals surface area contributed by atoms with E-state index in [1.165, 1.54) is 0 Å². The maximum absolute atomic E-state index is 6.39. The zero-order valence-corrected chi connectivity index (χ0v) is 12.1. The molecule has 4 heteroatoms. The first-order chi connectivity index (χ1) is 9.79. The van der Waals surface area contributed by atoms with Gasteiger partial charge in [-0.25, -0.2) is 0 Å². The third-order valence-electron chi connectivity index (χ3n) is 3.43. The molecule has 0 spiro atoms. The van der Waals surface area contributed by atoms with Crippen LogP contribution < -0.4 is 15.2 Å². The fraction of sp³-hybridized carbons (Fsp3) is 0.250. The van der Waals surface area contributed by atoms with Crippen molar-refractivity contribution >= 4 is 11.8 Å². The van der Waals surface area contributed by atoms with Gasteiger partial charge in [0.15, 0.2) is 0 Å². The molecule has 2 atom stereocenters. The van der Waals surface area contributed by atoms with Gasteiger partial charge in [-0.15, -0.1) is 11.8 Å². The summed E-state index contributed by atoms with van der Waals surface area (Å²) < 4.78 is 11.2. The average Bonchev–Trinajstić information content (AvgIpc) is 2.51. The number of hydrogen-bond donors (Lipinski definition) is 1. The first kappa shape index (κ1) is 13.3. The summed E-state index contributed by atoms with van der Waals surface area (Å²) in [6.07, 6.45) is 0. The van der Waals surface area contributed by atoms with Crippen LogP contribution in [0.4, 0.5) is 0 Å². The number of benzene rings is 2. The number of hydrogen-bond acceptors (Lipinski definition) is 4. The number of ether oxygens (including phenoxy) is 2. The molecule has 3 rings (SSSR count). The lowest BCUT2D eigenvalue weighted by Crippen LogP contribution is -2.33. The molecule has 104 valence electrons. The molecular formula is C16H17NO2S. The van der Waals surface area contributed by atoms with Gasteiger partial charge in [0.05, 0.1) is 12.4 Å². The van der Waals surface area contributed by atoms with Gasteiger partial charge in [0.2, 0.25) is 0 Å². The fourth-order valence-corrected chi connectivity index (χ4v) is 3.53. The van der Waals surface area contributed by atoms with Crippen molar-refractivity contribution in [3.8, 4) is 11.5 Å². The van der Waals surface area contributed by atoms with Crippen molar-refractivity contribution in [2.75, 3.05) is 13.7 Å². The van der Waals surface area contributed by atoms with Gasteiger partial charge >= 0.3 is 0 Å². The van der Waals surface area contributed by atoms with Crippen LogP contribution in [0.3, 0.4) is 0 Å². The van der Waals surface area contributed by atoms with Crippen LogP contribution >= 0.6 is 11.8 Å². The van der Waals surface area contributed by atoms with Crippen molar-refractivity contribution in [2.24, 2.45) is 5.73 Å². The Labute approximate surface area is 123 Å². The van der Waals surface area contributed by atoms with Crippen molar-refractivity contribution in [1.82, 2.24) is 0 Å². The molecule has 1 aliphatic rings. The molecule has 0 fully saturated rings. The Morgan fingerprint density at radius 2 is 1.90 bits per heavy atom. The monoisotopic (exact) mass is 287 g/mol. The largest absolute Gasteiger partial charge is 0.496 e. The Balaban J connectivity index is 1.83. The van der Waals surface area contributed by atoms with Gasteiger partial charge in [0.1, 0.15) is 18.1 Å². The van der Waals surface area contributed by atoms with Gasteiger partial charge in [-0.2, -0.15) is 0 Å². The second-order valence-electron chi connectivity index (χ2n) is 4.68. The predicted octanol–water partition coefficient (Wildman–Crippen LogP) is 3.25. The van der Waals surface area contributed by atoms with E-state index in [-0.39, 0.29) is 11.3 Å². The van der Waals surface area contributed by atoms with E-state index in [0.717, 1.165) is 22.0 Å². The SMILES string of the molecule is COc1ccccc1SC1COc2ccccc2C1N. The lowest BCUT2D eigenvalue weighted by Gasteiger charge is -2.30. The second-order valence-corrected chi connectivity index (χ2v) is 5.96. The zero-order valence-electron chi connectivity index (χ0n) is 11.3. The summed E-state index contributed by atoms with van der Waals surface area (Å²) in [7, 11) is 1.69. The van der Waals surface area contributed by atoms with Gasteiger partial charge in [0.25, 0.3) is 0 Å². The average molecular weight is 287 g/mol. The Morgan fingerprint density at radius 1 is 1.15 bits per heavy atom.